The average Bonchev–Trinajstić information content (AvgIpc) is 2.60. The number of carbonyl (C=O) groups excluding carboxylic acids is 1. The van der Waals surface area contributed by atoms with Crippen LogP contribution in [0.15, 0.2) is 57.4 Å². The van der Waals surface area contributed by atoms with Crippen LogP contribution >= 0.6 is 0 Å². The lowest BCUT2D eigenvalue weighted by molar-refractivity contribution is 0.106. The van der Waals surface area contributed by atoms with Gasteiger partial charge < -0.3 is 5.73 Å². The van der Waals surface area contributed by atoms with Gasteiger partial charge in [-0.15, -0.1) is 0 Å². The van der Waals surface area contributed by atoms with E-state index in [0.29, 0.717) is 5.69 Å². The van der Waals surface area contributed by atoms with E-state index in [1.54, 1.807) is 30.3 Å². The molecule has 0 amide bonds. The number of para-hydroxylation sites is 1. The molecule has 28 heavy (non-hydrogen) atoms. The molecule has 1 aliphatic carbocycles. The van der Waals surface area contributed by atoms with Crippen LogP contribution in [-0.2, 0) is 20.2 Å². The summed E-state index contributed by atoms with van der Waals surface area (Å²) in [4.78, 5) is 11.2. The quantitative estimate of drug-likeness (QED) is 0.321. The van der Waals surface area contributed by atoms with Gasteiger partial charge in [-0.3, -0.25) is 19.3 Å². The fraction of sp³-hybridized carbons (Fsp3) is 0. The van der Waals surface area contributed by atoms with Gasteiger partial charge in [-0.2, -0.15) is 21.9 Å². The topological polar surface area (TPSA) is 176 Å². The summed E-state index contributed by atoms with van der Waals surface area (Å²) in [6, 6.07) is 10.1. The van der Waals surface area contributed by atoms with E-state index >= 15 is 0 Å². The lowest BCUT2D eigenvalue weighted by atomic mass is 9.94. The first kappa shape index (κ1) is 19.7. The molecule has 0 unspecified atom stereocenters. The van der Waals surface area contributed by atoms with Gasteiger partial charge in [0.15, 0.2) is 5.71 Å². The first-order valence-corrected chi connectivity index (χ1v) is 10.4. The molecule has 146 valence electrons. The summed E-state index contributed by atoms with van der Waals surface area (Å²) in [5.41, 5.74) is 7.21. The van der Waals surface area contributed by atoms with Gasteiger partial charge in [0, 0.05) is 5.56 Å². The van der Waals surface area contributed by atoms with Crippen LogP contribution in [-0.4, -0.2) is 37.4 Å². The number of Topliss-reactive ketones (excluding diaryl/α,β-unsaturated/α-hetero) is 1. The number of rotatable bonds is 4. The number of carbonyl (C=O) groups is 1. The maximum atomic E-state index is 12.8. The summed E-state index contributed by atoms with van der Waals surface area (Å²) in [7, 11) is -9.60. The average molecular weight is 423 g/mol. The van der Waals surface area contributed by atoms with E-state index in [1.165, 1.54) is 0 Å². The highest BCUT2D eigenvalue weighted by atomic mass is 32.2. The molecule has 5 N–H and O–H groups in total. The van der Waals surface area contributed by atoms with Gasteiger partial charge in [-0.05, 0) is 35.9 Å². The Morgan fingerprint density at radius 2 is 1.61 bits per heavy atom. The molecule has 2 aromatic carbocycles. The Hall–Kier alpha value is -3.06. The maximum absolute atomic E-state index is 12.8. The smallest absolute Gasteiger partial charge is 0.296 e. The highest BCUT2D eigenvalue weighted by Crippen LogP contribution is 2.31. The van der Waals surface area contributed by atoms with Gasteiger partial charge in [0.25, 0.3) is 20.2 Å². The van der Waals surface area contributed by atoms with Crippen LogP contribution in [0.5, 0.6) is 0 Å². The fourth-order valence-corrected chi connectivity index (χ4v) is 3.83. The third-order valence-corrected chi connectivity index (χ3v) is 5.56. The number of fused-ring (bicyclic) bond motifs is 1. The number of allylic oxidation sites excluding steroid dienone is 1. The highest BCUT2D eigenvalue weighted by Gasteiger charge is 2.34. The second-order valence-electron chi connectivity index (χ2n) is 5.70. The SMILES string of the molecule is Nc1cc2c(cc1S(=O)(=O)O)C=C(S(=O)(=O)O)/C(=N\Nc1ccccc1)C2=O. The van der Waals surface area contributed by atoms with Crippen molar-refractivity contribution in [2.24, 2.45) is 5.10 Å². The molecule has 0 heterocycles. The third kappa shape index (κ3) is 3.80. The number of nitrogens with one attached hydrogen (secondary N) is 1. The molecule has 0 aromatic heterocycles. The largest absolute Gasteiger partial charge is 0.398 e. The van der Waals surface area contributed by atoms with Crippen LogP contribution in [0.3, 0.4) is 0 Å². The third-order valence-electron chi connectivity index (χ3n) is 3.79. The summed E-state index contributed by atoms with van der Waals surface area (Å²) in [5, 5.41) is 3.78. The minimum absolute atomic E-state index is 0.147. The molecule has 2 aromatic rings. The number of ketones is 1. The van der Waals surface area contributed by atoms with E-state index in [4.69, 9.17) is 5.73 Å². The molecule has 1 aliphatic rings. The number of anilines is 2. The fourth-order valence-electron chi connectivity index (χ4n) is 2.54. The number of hydrogen-bond acceptors (Lipinski definition) is 8. The Morgan fingerprint density at radius 1 is 0.964 bits per heavy atom. The minimum atomic E-state index is -4.89. The first-order valence-electron chi connectivity index (χ1n) is 7.52. The normalized spacial score (nSPS) is 15.9. The van der Waals surface area contributed by atoms with Crippen LogP contribution in [0, 0.1) is 0 Å². The highest BCUT2D eigenvalue weighted by molar-refractivity contribution is 7.91. The molecule has 0 atom stereocenters. The van der Waals surface area contributed by atoms with Gasteiger partial charge in [0.05, 0.1) is 11.4 Å². The van der Waals surface area contributed by atoms with E-state index in [0.717, 1.165) is 18.2 Å². The van der Waals surface area contributed by atoms with Crippen molar-refractivity contribution in [2.45, 2.75) is 4.90 Å². The Balaban J connectivity index is 2.20. The summed E-state index contributed by atoms with van der Waals surface area (Å²) < 4.78 is 65.0. The second kappa shape index (κ2) is 6.83. The number of benzene rings is 2. The van der Waals surface area contributed by atoms with E-state index < -0.39 is 47.2 Å². The van der Waals surface area contributed by atoms with Gasteiger partial charge in [-0.1, -0.05) is 18.2 Å². The summed E-state index contributed by atoms with van der Waals surface area (Å²) in [6.45, 7) is 0. The van der Waals surface area contributed by atoms with Gasteiger partial charge in [0.2, 0.25) is 5.78 Å². The van der Waals surface area contributed by atoms with Crippen molar-refractivity contribution < 1.29 is 30.7 Å². The predicted molar refractivity (Wildman–Crippen MR) is 102 cm³/mol. The molecule has 0 spiro atoms. The van der Waals surface area contributed by atoms with Crippen LogP contribution in [0.25, 0.3) is 6.08 Å². The summed E-state index contributed by atoms with van der Waals surface area (Å²) in [5.74, 6) is -0.915. The van der Waals surface area contributed by atoms with Gasteiger partial charge in [0.1, 0.15) is 9.80 Å². The Morgan fingerprint density at radius 3 is 2.18 bits per heavy atom. The Bertz CT molecular complexity index is 1250. The van der Waals surface area contributed by atoms with Crippen molar-refractivity contribution >= 4 is 49.2 Å². The van der Waals surface area contributed by atoms with Crippen LogP contribution in [0.1, 0.15) is 15.9 Å². The van der Waals surface area contributed by atoms with Gasteiger partial charge >= 0.3 is 0 Å². The second-order valence-corrected chi connectivity index (χ2v) is 8.48. The number of hydrogen-bond donors (Lipinski definition) is 4. The maximum Gasteiger partial charge on any atom is 0.296 e. The molecule has 0 bridgehead atoms. The molecule has 0 aliphatic heterocycles. The summed E-state index contributed by atoms with van der Waals surface area (Å²) >= 11 is 0. The first-order chi connectivity index (χ1) is 13.0. The number of hydrazone groups is 1. The van der Waals surface area contributed by atoms with E-state index in [-0.39, 0.29) is 11.1 Å². The van der Waals surface area contributed by atoms with Crippen molar-refractivity contribution in [1.82, 2.24) is 0 Å². The zero-order valence-electron chi connectivity index (χ0n) is 13.9. The Kier molecular flexibility index (Phi) is 4.81. The molecular weight excluding hydrogens is 410 g/mol. The van der Waals surface area contributed by atoms with Crippen LogP contribution in [0.4, 0.5) is 11.4 Å². The monoisotopic (exact) mass is 423 g/mol. The molecule has 0 saturated carbocycles. The van der Waals surface area contributed by atoms with Crippen LogP contribution in [0.2, 0.25) is 0 Å². The number of nitrogens with zero attached hydrogens (tertiary/aromatic N) is 1. The Labute approximate surface area is 159 Å². The molecule has 0 saturated heterocycles. The predicted octanol–water partition coefficient (Wildman–Crippen LogP) is 1.41. The zero-order valence-corrected chi connectivity index (χ0v) is 15.5. The lowest BCUT2D eigenvalue weighted by Crippen LogP contribution is -2.27. The number of nitrogens with two attached hydrogens (primary N) is 1. The van der Waals surface area contributed by atoms with Crippen molar-refractivity contribution in [3.8, 4) is 0 Å². The van der Waals surface area contributed by atoms with Gasteiger partial charge in [-0.25, -0.2) is 0 Å². The minimum Gasteiger partial charge on any atom is -0.398 e. The van der Waals surface area contributed by atoms with E-state index in [1.807, 2.05) is 0 Å². The molecule has 0 fully saturated rings. The lowest BCUT2D eigenvalue weighted by Gasteiger charge is -2.17. The molecular formula is C16H13N3O7S2. The molecule has 10 nitrogen and oxygen atoms in total. The summed E-state index contributed by atoms with van der Waals surface area (Å²) in [6.07, 6.45) is 0.867. The van der Waals surface area contributed by atoms with Crippen molar-refractivity contribution in [2.75, 3.05) is 11.2 Å². The van der Waals surface area contributed by atoms with Crippen molar-refractivity contribution in [3.63, 3.8) is 0 Å². The van der Waals surface area contributed by atoms with Crippen molar-refractivity contribution in [1.29, 1.82) is 0 Å². The van der Waals surface area contributed by atoms with Crippen molar-refractivity contribution in [3.05, 3.63) is 58.5 Å². The molecule has 3 rings (SSSR count). The standard InChI is InChI=1S/C16H13N3O7S2/c17-12-8-11-9(6-13(12)27(21,22)23)7-14(28(24,25)26)15(16(11)20)19-18-10-4-2-1-3-5-10/h1-8,18H,17H2,(H,21,22,23)(H,24,25,26)/b19-15+. The van der Waals surface area contributed by atoms with Crippen LogP contribution < -0.4 is 11.2 Å². The zero-order chi connectivity index (χ0) is 20.7. The molecule has 0 radical (unpaired) electrons. The number of nitrogen functional groups attached to an aromatic ring is 1. The van der Waals surface area contributed by atoms with E-state index in [2.05, 4.69) is 10.5 Å². The molecule has 12 heteroatoms. The van der Waals surface area contributed by atoms with E-state index in [9.17, 15) is 30.7 Å².